The van der Waals surface area contributed by atoms with Crippen LogP contribution in [0.25, 0.3) is 0 Å². The molecule has 1 N–H and O–H groups in total. The number of aromatic nitrogens is 1. The van der Waals surface area contributed by atoms with Gasteiger partial charge in [-0.25, -0.2) is 0 Å². The quantitative estimate of drug-likeness (QED) is 0.762. The summed E-state index contributed by atoms with van der Waals surface area (Å²) >= 11 is 0. The predicted molar refractivity (Wildman–Crippen MR) is 68.3 cm³/mol. The molecule has 0 aliphatic carbocycles. The van der Waals surface area contributed by atoms with Crippen LogP contribution in [0, 0.1) is 0 Å². The Labute approximate surface area is 98.9 Å². The van der Waals surface area contributed by atoms with E-state index in [0.29, 0.717) is 6.04 Å². The van der Waals surface area contributed by atoms with Crippen LogP contribution >= 0.6 is 0 Å². The van der Waals surface area contributed by atoms with Crippen molar-refractivity contribution in [3.63, 3.8) is 0 Å². The van der Waals surface area contributed by atoms with Crippen molar-refractivity contribution in [1.29, 1.82) is 0 Å². The van der Waals surface area contributed by atoms with Gasteiger partial charge < -0.3 is 5.32 Å². The second kappa shape index (κ2) is 7.36. The highest BCUT2D eigenvalue weighted by Gasteiger charge is 2.10. The van der Waals surface area contributed by atoms with Gasteiger partial charge in [0.05, 0.1) is 5.69 Å². The molecule has 0 radical (unpaired) electrons. The van der Waals surface area contributed by atoms with E-state index >= 15 is 0 Å². The maximum atomic E-state index is 4.36. The van der Waals surface area contributed by atoms with Crippen molar-refractivity contribution in [3.8, 4) is 0 Å². The number of nitrogens with one attached hydrogen (secondary N) is 1. The summed E-state index contributed by atoms with van der Waals surface area (Å²) in [5, 5.41) is 3.34. The minimum Gasteiger partial charge on any atom is -0.316 e. The maximum Gasteiger partial charge on any atom is 0.0543 e. The Morgan fingerprint density at radius 3 is 2.69 bits per heavy atom. The smallest absolute Gasteiger partial charge is 0.0543 e. The van der Waals surface area contributed by atoms with E-state index in [1.165, 1.54) is 0 Å². The lowest BCUT2D eigenvalue weighted by atomic mass is 10.2. The Balaban J connectivity index is 2.49. The fraction of sp³-hybridized carbons (Fsp3) is 0.615. The molecule has 0 aromatic carbocycles. The van der Waals surface area contributed by atoms with E-state index in [1.54, 1.807) is 0 Å². The van der Waals surface area contributed by atoms with Crippen molar-refractivity contribution in [2.24, 2.45) is 0 Å². The van der Waals surface area contributed by atoms with Crippen LogP contribution in [0.5, 0.6) is 0 Å². The van der Waals surface area contributed by atoms with Crippen LogP contribution in [0.2, 0.25) is 0 Å². The van der Waals surface area contributed by atoms with Gasteiger partial charge in [0.1, 0.15) is 0 Å². The van der Waals surface area contributed by atoms with Gasteiger partial charge in [-0.05, 0) is 32.1 Å². The molecule has 1 atom stereocenters. The largest absolute Gasteiger partial charge is 0.316 e. The lowest BCUT2D eigenvalue weighted by molar-refractivity contribution is 0.244. The Bertz CT molecular complexity index is 270. The SMILES string of the molecule is CCC(CN(CC)Cc1ccccn1)NC. The van der Waals surface area contributed by atoms with E-state index in [9.17, 15) is 0 Å². The van der Waals surface area contributed by atoms with Crippen molar-refractivity contribution >= 4 is 0 Å². The topological polar surface area (TPSA) is 28.2 Å². The van der Waals surface area contributed by atoms with Gasteiger partial charge in [0, 0.05) is 25.3 Å². The van der Waals surface area contributed by atoms with Gasteiger partial charge in [-0.1, -0.05) is 19.9 Å². The van der Waals surface area contributed by atoms with Crippen LogP contribution in [-0.2, 0) is 6.54 Å². The number of hydrogen-bond donors (Lipinski definition) is 1. The Morgan fingerprint density at radius 1 is 1.38 bits per heavy atom. The van der Waals surface area contributed by atoms with Crippen LogP contribution in [0.4, 0.5) is 0 Å². The standard InChI is InChI=1S/C13H23N3/c1-4-12(14-3)10-16(5-2)11-13-8-6-7-9-15-13/h6-9,12,14H,4-5,10-11H2,1-3H3. The average molecular weight is 221 g/mol. The third kappa shape index (κ3) is 4.29. The number of pyridine rings is 1. The zero-order valence-electron chi connectivity index (χ0n) is 10.6. The molecule has 90 valence electrons. The highest BCUT2D eigenvalue weighted by atomic mass is 15.1. The van der Waals surface area contributed by atoms with Crippen LogP contribution in [-0.4, -0.2) is 36.1 Å². The Kier molecular flexibility index (Phi) is 6.04. The molecule has 1 aromatic rings. The van der Waals surface area contributed by atoms with Gasteiger partial charge in [0.15, 0.2) is 0 Å². The molecule has 0 aliphatic heterocycles. The van der Waals surface area contributed by atoms with E-state index in [2.05, 4.69) is 35.1 Å². The fourth-order valence-corrected chi connectivity index (χ4v) is 1.76. The summed E-state index contributed by atoms with van der Waals surface area (Å²) < 4.78 is 0. The molecule has 1 unspecified atom stereocenters. The van der Waals surface area contributed by atoms with Gasteiger partial charge in [-0.2, -0.15) is 0 Å². The van der Waals surface area contributed by atoms with E-state index in [4.69, 9.17) is 0 Å². The predicted octanol–water partition coefficient (Wildman–Crippen LogP) is 1.90. The summed E-state index contributed by atoms with van der Waals surface area (Å²) in [5.74, 6) is 0. The molecule has 0 bridgehead atoms. The lowest BCUT2D eigenvalue weighted by Crippen LogP contribution is -2.38. The molecular formula is C13H23N3. The first kappa shape index (κ1) is 13.1. The highest BCUT2D eigenvalue weighted by Crippen LogP contribution is 2.03. The van der Waals surface area contributed by atoms with E-state index in [0.717, 1.165) is 31.7 Å². The number of likely N-dealkylation sites (N-methyl/N-ethyl adjacent to an activating group) is 2. The molecule has 0 fully saturated rings. The minimum absolute atomic E-state index is 0.573. The van der Waals surface area contributed by atoms with Crippen molar-refractivity contribution in [2.45, 2.75) is 32.9 Å². The van der Waals surface area contributed by atoms with Gasteiger partial charge >= 0.3 is 0 Å². The average Bonchev–Trinajstić information content (AvgIpc) is 2.35. The van der Waals surface area contributed by atoms with Crippen LogP contribution in [0.15, 0.2) is 24.4 Å². The first-order chi connectivity index (χ1) is 7.80. The zero-order chi connectivity index (χ0) is 11.8. The van der Waals surface area contributed by atoms with E-state index in [1.807, 2.05) is 25.4 Å². The summed E-state index contributed by atoms with van der Waals surface area (Å²) in [7, 11) is 2.03. The Hall–Kier alpha value is -0.930. The lowest BCUT2D eigenvalue weighted by Gasteiger charge is -2.25. The first-order valence-corrected chi connectivity index (χ1v) is 6.09. The third-order valence-electron chi connectivity index (χ3n) is 2.94. The maximum absolute atomic E-state index is 4.36. The summed E-state index contributed by atoms with van der Waals surface area (Å²) in [6.07, 6.45) is 3.02. The molecule has 3 heteroatoms. The van der Waals surface area contributed by atoms with E-state index < -0.39 is 0 Å². The molecule has 16 heavy (non-hydrogen) atoms. The molecule has 1 aromatic heterocycles. The third-order valence-corrected chi connectivity index (χ3v) is 2.94. The molecular weight excluding hydrogens is 198 g/mol. The van der Waals surface area contributed by atoms with Gasteiger partial charge in [-0.3, -0.25) is 9.88 Å². The van der Waals surface area contributed by atoms with E-state index in [-0.39, 0.29) is 0 Å². The molecule has 1 rings (SSSR count). The second-order valence-corrected chi connectivity index (χ2v) is 4.04. The monoisotopic (exact) mass is 221 g/mol. The molecule has 0 spiro atoms. The molecule has 0 aliphatic rings. The molecule has 0 amide bonds. The van der Waals surface area contributed by atoms with Gasteiger partial charge in [0.2, 0.25) is 0 Å². The van der Waals surface area contributed by atoms with Crippen molar-refractivity contribution in [3.05, 3.63) is 30.1 Å². The van der Waals surface area contributed by atoms with Crippen molar-refractivity contribution in [1.82, 2.24) is 15.2 Å². The number of rotatable bonds is 7. The Morgan fingerprint density at radius 2 is 2.19 bits per heavy atom. The second-order valence-electron chi connectivity index (χ2n) is 4.04. The normalized spacial score (nSPS) is 13.0. The van der Waals surface area contributed by atoms with Crippen molar-refractivity contribution in [2.75, 3.05) is 20.1 Å². The van der Waals surface area contributed by atoms with Crippen molar-refractivity contribution < 1.29 is 0 Å². The van der Waals surface area contributed by atoms with Gasteiger partial charge in [-0.15, -0.1) is 0 Å². The van der Waals surface area contributed by atoms with Crippen LogP contribution in [0.3, 0.4) is 0 Å². The minimum atomic E-state index is 0.573. The van der Waals surface area contributed by atoms with Crippen LogP contribution < -0.4 is 5.32 Å². The first-order valence-electron chi connectivity index (χ1n) is 6.09. The number of hydrogen-bond acceptors (Lipinski definition) is 3. The molecule has 0 saturated heterocycles. The molecule has 3 nitrogen and oxygen atoms in total. The summed E-state index contributed by atoms with van der Waals surface area (Å²) in [4.78, 5) is 6.79. The molecule has 1 heterocycles. The number of nitrogens with zero attached hydrogens (tertiary/aromatic N) is 2. The zero-order valence-corrected chi connectivity index (χ0v) is 10.6. The summed E-state index contributed by atoms with van der Waals surface area (Å²) in [6, 6.07) is 6.67. The van der Waals surface area contributed by atoms with Crippen LogP contribution in [0.1, 0.15) is 26.0 Å². The fourth-order valence-electron chi connectivity index (χ4n) is 1.76. The summed E-state index contributed by atoms with van der Waals surface area (Å²) in [6.45, 7) is 7.51. The highest BCUT2D eigenvalue weighted by molar-refractivity contribution is 5.03. The summed E-state index contributed by atoms with van der Waals surface area (Å²) in [5.41, 5.74) is 1.15. The van der Waals surface area contributed by atoms with Gasteiger partial charge in [0.25, 0.3) is 0 Å². The molecule has 0 saturated carbocycles.